The fourth-order valence-corrected chi connectivity index (χ4v) is 3.07. The van der Waals surface area contributed by atoms with Crippen molar-refractivity contribution in [3.8, 4) is 0 Å². The van der Waals surface area contributed by atoms with Crippen molar-refractivity contribution in [1.82, 2.24) is 9.88 Å². The number of carboxylic acid groups (broad SMARTS) is 1. The number of likely N-dealkylation sites (tertiary alicyclic amines) is 1. The van der Waals surface area contributed by atoms with Crippen LogP contribution < -0.4 is 0 Å². The third kappa shape index (κ3) is 2.67. The summed E-state index contributed by atoms with van der Waals surface area (Å²) in [7, 11) is 0. The van der Waals surface area contributed by atoms with Crippen molar-refractivity contribution in [1.29, 1.82) is 0 Å². The van der Waals surface area contributed by atoms with Crippen molar-refractivity contribution in [3.63, 3.8) is 0 Å². The Balaban J connectivity index is 1.67. The molecule has 1 saturated heterocycles. The lowest BCUT2D eigenvalue weighted by Gasteiger charge is -2.38. The van der Waals surface area contributed by atoms with Crippen LogP contribution in [-0.2, 0) is 11.3 Å². The van der Waals surface area contributed by atoms with Gasteiger partial charge in [0.2, 0.25) is 0 Å². The van der Waals surface area contributed by atoms with Crippen LogP contribution in [0.25, 0.3) is 10.9 Å². The monoisotopic (exact) mass is 322 g/mol. The lowest BCUT2D eigenvalue weighted by atomic mass is 9.96. The van der Waals surface area contributed by atoms with Crippen LogP contribution in [0.3, 0.4) is 0 Å². The number of aromatic amines is 1. The minimum absolute atomic E-state index is 0.288. The van der Waals surface area contributed by atoms with Gasteiger partial charge in [-0.05, 0) is 29.7 Å². The first-order valence-electron chi connectivity index (χ1n) is 6.31. The van der Waals surface area contributed by atoms with E-state index in [1.54, 1.807) is 0 Å². The lowest BCUT2D eigenvalue weighted by Crippen LogP contribution is -2.46. The minimum atomic E-state index is -0.694. The highest BCUT2D eigenvalue weighted by atomic mass is 79.9. The highest BCUT2D eigenvalue weighted by Gasteiger charge is 2.28. The summed E-state index contributed by atoms with van der Waals surface area (Å²) in [5, 5.41) is 9.97. The quantitative estimate of drug-likeness (QED) is 0.910. The van der Waals surface area contributed by atoms with Crippen molar-refractivity contribution in [2.75, 3.05) is 13.1 Å². The number of carboxylic acids is 1. The molecule has 19 heavy (non-hydrogen) atoms. The maximum Gasteiger partial charge on any atom is 0.303 e. The summed E-state index contributed by atoms with van der Waals surface area (Å²) in [6, 6.07) is 6.21. The van der Waals surface area contributed by atoms with E-state index >= 15 is 0 Å². The molecule has 0 bridgehead atoms. The van der Waals surface area contributed by atoms with E-state index in [1.165, 1.54) is 10.9 Å². The Bertz CT molecular complexity index is 617. The van der Waals surface area contributed by atoms with Crippen LogP contribution in [0.1, 0.15) is 12.0 Å². The number of fused-ring (bicyclic) bond motifs is 1. The SMILES string of the molecule is O=C(O)CC1CN(Cc2c[nH]c3ccc(Br)cc23)C1. The van der Waals surface area contributed by atoms with E-state index < -0.39 is 5.97 Å². The molecular weight excluding hydrogens is 308 g/mol. The summed E-state index contributed by atoms with van der Waals surface area (Å²) < 4.78 is 1.08. The average Bonchev–Trinajstić information content (AvgIpc) is 2.68. The second-order valence-corrected chi connectivity index (χ2v) is 6.08. The fourth-order valence-electron chi connectivity index (χ4n) is 2.70. The normalized spacial score (nSPS) is 16.7. The molecule has 2 heterocycles. The molecule has 1 aliphatic heterocycles. The molecule has 0 radical (unpaired) electrons. The number of aliphatic carboxylic acids is 1. The summed E-state index contributed by atoms with van der Waals surface area (Å²) in [5.74, 6) is -0.380. The Morgan fingerprint density at radius 3 is 3.00 bits per heavy atom. The van der Waals surface area contributed by atoms with E-state index in [0.717, 1.165) is 29.6 Å². The van der Waals surface area contributed by atoms with Crippen molar-refractivity contribution in [3.05, 3.63) is 34.4 Å². The first kappa shape index (κ1) is 12.7. The average molecular weight is 323 g/mol. The number of benzene rings is 1. The van der Waals surface area contributed by atoms with Crippen LogP contribution in [0, 0.1) is 5.92 Å². The minimum Gasteiger partial charge on any atom is -0.481 e. The molecule has 4 nitrogen and oxygen atoms in total. The molecule has 5 heteroatoms. The lowest BCUT2D eigenvalue weighted by molar-refractivity contribution is -0.139. The van der Waals surface area contributed by atoms with Gasteiger partial charge < -0.3 is 10.1 Å². The zero-order valence-corrected chi connectivity index (χ0v) is 12.0. The van der Waals surface area contributed by atoms with E-state index in [4.69, 9.17) is 5.11 Å². The Hall–Kier alpha value is -1.33. The van der Waals surface area contributed by atoms with E-state index in [9.17, 15) is 4.79 Å². The Labute approximate surface area is 119 Å². The molecule has 0 aliphatic carbocycles. The first-order valence-corrected chi connectivity index (χ1v) is 7.11. The summed E-state index contributed by atoms with van der Waals surface area (Å²) in [5.41, 5.74) is 2.41. The van der Waals surface area contributed by atoms with Gasteiger partial charge >= 0.3 is 5.97 Å². The van der Waals surface area contributed by atoms with Gasteiger partial charge in [-0.3, -0.25) is 9.69 Å². The fraction of sp³-hybridized carbons (Fsp3) is 0.357. The van der Waals surface area contributed by atoms with Gasteiger partial charge in [0, 0.05) is 41.2 Å². The second-order valence-electron chi connectivity index (χ2n) is 5.16. The number of carbonyl (C=O) groups is 1. The van der Waals surface area contributed by atoms with Crippen molar-refractivity contribution < 1.29 is 9.90 Å². The molecule has 100 valence electrons. The number of rotatable bonds is 4. The van der Waals surface area contributed by atoms with E-state index in [-0.39, 0.29) is 6.42 Å². The van der Waals surface area contributed by atoms with Crippen LogP contribution in [0.2, 0.25) is 0 Å². The number of hydrogen-bond acceptors (Lipinski definition) is 2. The van der Waals surface area contributed by atoms with Crippen LogP contribution >= 0.6 is 15.9 Å². The number of nitrogens with one attached hydrogen (secondary N) is 1. The molecule has 1 aromatic carbocycles. The Morgan fingerprint density at radius 2 is 2.26 bits per heavy atom. The van der Waals surface area contributed by atoms with E-state index in [1.807, 2.05) is 12.3 Å². The van der Waals surface area contributed by atoms with E-state index in [2.05, 4.69) is 37.9 Å². The highest BCUT2D eigenvalue weighted by Crippen LogP contribution is 2.27. The number of halogens is 1. The zero-order valence-electron chi connectivity index (χ0n) is 10.4. The van der Waals surface area contributed by atoms with Crippen LogP contribution in [-0.4, -0.2) is 34.0 Å². The van der Waals surface area contributed by atoms with Crippen molar-refractivity contribution in [2.24, 2.45) is 5.92 Å². The zero-order chi connectivity index (χ0) is 13.4. The number of nitrogens with zero attached hydrogens (tertiary/aromatic N) is 1. The van der Waals surface area contributed by atoms with Gasteiger partial charge in [0.15, 0.2) is 0 Å². The summed E-state index contributed by atoms with van der Waals surface area (Å²) >= 11 is 3.49. The van der Waals surface area contributed by atoms with Gasteiger partial charge in [0.25, 0.3) is 0 Å². The topological polar surface area (TPSA) is 56.3 Å². The van der Waals surface area contributed by atoms with Gasteiger partial charge in [0.05, 0.1) is 6.42 Å². The third-order valence-electron chi connectivity index (χ3n) is 3.62. The predicted octanol–water partition coefficient (Wildman–Crippen LogP) is 2.84. The van der Waals surface area contributed by atoms with Crippen molar-refractivity contribution in [2.45, 2.75) is 13.0 Å². The van der Waals surface area contributed by atoms with E-state index in [0.29, 0.717) is 5.92 Å². The van der Waals surface area contributed by atoms with Gasteiger partial charge in [-0.25, -0.2) is 0 Å². The molecule has 0 saturated carbocycles. The molecular formula is C14H15BrN2O2. The molecule has 2 N–H and O–H groups in total. The van der Waals surface area contributed by atoms with Gasteiger partial charge in [-0.2, -0.15) is 0 Å². The molecule has 0 atom stereocenters. The summed E-state index contributed by atoms with van der Waals surface area (Å²) in [4.78, 5) is 16.2. The molecule has 0 unspecified atom stereocenters. The van der Waals surface area contributed by atoms with Crippen molar-refractivity contribution >= 4 is 32.8 Å². The standard InChI is InChI=1S/C14H15BrN2O2/c15-11-1-2-13-12(4-11)10(5-16-13)8-17-6-9(7-17)3-14(18)19/h1-2,4-5,9,16H,3,6-8H2,(H,18,19). The predicted molar refractivity (Wildman–Crippen MR) is 77.0 cm³/mol. The number of H-pyrrole nitrogens is 1. The molecule has 1 fully saturated rings. The van der Waals surface area contributed by atoms with Crippen LogP contribution in [0.5, 0.6) is 0 Å². The number of aromatic nitrogens is 1. The summed E-state index contributed by atoms with van der Waals surface area (Å²) in [6.07, 6.45) is 2.33. The maximum atomic E-state index is 10.6. The highest BCUT2D eigenvalue weighted by molar-refractivity contribution is 9.10. The largest absolute Gasteiger partial charge is 0.481 e. The number of hydrogen-bond donors (Lipinski definition) is 2. The van der Waals surface area contributed by atoms with Gasteiger partial charge in [-0.1, -0.05) is 15.9 Å². The molecule has 3 rings (SSSR count). The second kappa shape index (κ2) is 4.98. The Morgan fingerprint density at radius 1 is 1.47 bits per heavy atom. The molecule has 1 aromatic heterocycles. The van der Waals surface area contributed by atoms with Gasteiger partial charge in [-0.15, -0.1) is 0 Å². The summed E-state index contributed by atoms with van der Waals surface area (Å²) in [6.45, 7) is 2.65. The van der Waals surface area contributed by atoms with Gasteiger partial charge in [0.1, 0.15) is 0 Å². The smallest absolute Gasteiger partial charge is 0.303 e. The van der Waals surface area contributed by atoms with Crippen LogP contribution in [0.15, 0.2) is 28.9 Å². The third-order valence-corrected chi connectivity index (χ3v) is 4.11. The molecule has 2 aromatic rings. The molecule has 0 spiro atoms. The first-order chi connectivity index (χ1) is 9.11. The maximum absolute atomic E-state index is 10.6. The molecule has 1 aliphatic rings. The van der Waals surface area contributed by atoms with Crippen LogP contribution in [0.4, 0.5) is 0 Å². The molecule has 0 amide bonds. The Kier molecular flexibility index (Phi) is 3.33.